The van der Waals surface area contributed by atoms with Gasteiger partial charge in [-0.05, 0) is 38.0 Å². The highest BCUT2D eigenvalue weighted by Gasteiger charge is 2.15. The van der Waals surface area contributed by atoms with E-state index in [2.05, 4.69) is 0 Å². The van der Waals surface area contributed by atoms with Crippen molar-refractivity contribution >= 4 is 5.84 Å². The summed E-state index contributed by atoms with van der Waals surface area (Å²) in [5.74, 6) is 0.589. The molecule has 0 aliphatic rings. The van der Waals surface area contributed by atoms with Crippen molar-refractivity contribution in [2.45, 2.75) is 32.5 Å². The molecule has 1 rings (SSSR count). The molecule has 0 unspecified atom stereocenters. The van der Waals surface area contributed by atoms with E-state index in [1.165, 1.54) is 0 Å². The lowest BCUT2D eigenvalue weighted by atomic mass is 10.1. The molecule has 0 heterocycles. The van der Waals surface area contributed by atoms with Gasteiger partial charge in [0, 0.05) is 13.7 Å². The fourth-order valence-electron chi connectivity index (χ4n) is 1.67. The van der Waals surface area contributed by atoms with E-state index in [1.807, 2.05) is 26.0 Å². The molecule has 0 atom stereocenters. The molecule has 0 aromatic heterocycles. The summed E-state index contributed by atoms with van der Waals surface area (Å²) in [5, 5.41) is 7.54. The average molecular weight is 280 g/mol. The molecule has 3 N–H and O–H groups in total. The molecule has 5 heteroatoms. The zero-order valence-electron chi connectivity index (χ0n) is 12.7. The van der Waals surface area contributed by atoms with Gasteiger partial charge in [-0.15, -0.1) is 0 Å². The third-order valence-corrected chi connectivity index (χ3v) is 3.22. The zero-order valence-corrected chi connectivity index (χ0v) is 12.7. The van der Waals surface area contributed by atoms with Crippen LogP contribution in [0.4, 0.5) is 0 Å². The van der Waals surface area contributed by atoms with E-state index in [4.69, 9.17) is 25.4 Å². The first-order valence-electron chi connectivity index (χ1n) is 6.54. The molecular formula is C15H24N2O3. The standard InChI is InChI=1S/C15H24N2O3/c1-15(2,19-4)7-8-20-10-11-5-6-13(18-3)12(9-11)14(16)17/h5-6,9H,7-8,10H2,1-4H3,(H3,16,17). The first kappa shape index (κ1) is 16.5. The Bertz CT molecular complexity index is 458. The summed E-state index contributed by atoms with van der Waals surface area (Å²) < 4.78 is 16.1. The summed E-state index contributed by atoms with van der Waals surface area (Å²) in [6.45, 7) is 5.14. The van der Waals surface area contributed by atoms with Crippen LogP contribution in [-0.2, 0) is 16.1 Å². The van der Waals surface area contributed by atoms with Crippen molar-refractivity contribution in [2.75, 3.05) is 20.8 Å². The molecule has 0 spiro atoms. The minimum Gasteiger partial charge on any atom is -0.496 e. The summed E-state index contributed by atoms with van der Waals surface area (Å²) in [5.41, 5.74) is 6.91. The van der Waals surface area contributed by atoms with Crippen LogP contribution in [0.5, 0.6) is 5.75 Å². The Kier molecular flexibility index (Phi) is 5.98. The van der Waals surface area contributed by atoms with E-state index >= 15 is 0 Å². The van der Waals surface area contributed by atoms with Crippen LogP contribution in [0.3, 0.4) is 0 Å². The van der Waals surface area contributed by atoms with E-state index in [1.54, 1.807) is 20.3 Å². The second-order valence-electron chi connectivity index (χ2n) is 5.21. The van der Waals surface area contributed by atoms with Gasteiger partial charge in [-0.2, -0.15) is 0 Å². The third kappa shape index (κ3) is 4.83. The number of amidine groups is 1. The maximum absolute atomic E-state index is 7.54. The molecule has 0 amide bonds. The lowest BCUT2D eigenvalue weighted by Gasteiger charge is -2.22. The van der Waals surface area contributed by atoms with Gasteiger partial charge in [0.2, 0.25) is 0 Å². The van der Waals surface area contributed by atoms with Gasteiger partial charge in [-0.1, -0.05) is 6.07 Å². The lowest BCUT2D eigenvalue weighted by molar-refractivity contribution is -0.0124. The number of ether oxygens (including phenoxy) is 3. The number of hydrogen-bond acceptors (Lipinski definition) is 4. The molecule has 0 aliphatic carbocycles. The van der Waals surface area contributed by atoms with Crippen molar-refractivity contribution in [3.05, 3.63) is 29.3 Å². The fourth-order valence-corrected chi connectivity index (χ4v) is 1.67. The lowest BCUT2D eigenvalue weighted by Crippen LogP contribution is -2.24. The van der Waals surface area contributed by atoms with Crippen LogP contribution in [-0.4, -0.2) is 32.3 Å². The highest BCUT2D eigenvalue weighted by atomic mass is 16.5. The van der Waals surface area contributed by atoms with Gasteiger partial charge in [0.1, 0.15) is 11.6 Å². The van der Waals surface area contributed by atoms with E-state index < -0.39 is 0 Å². The van der Waals surface area contributed by atoms with Crippen molar-refractivity contribution in [2.24, 2.45) is 5.73 Å². The minimum atomic E-state index is -0.176. The molecule has 0 radical (unpaired) electrons. The molecule has 1 aromatic rings. The van der Waals surface area contributed by atoms with Crippen LogP contribution in [0, 0.1) is 5.41 Å². The van der Waals surface area contributed by atoms with E-state index in [-0.39, 0.29) is 11.4 Å². The van der Waals surface area contributed by atoms with Crippen LogP contribution in [0.2, 0.25) is 0 Å². The van der Waals surface area contributed by atoms with Gasteiger partial charge in [-0.25, -0.2) is 0 Å². The SMILES string of the molecule is COc1ccc(COCCC(C)(C)OC)cc1C(=N)N. The van der Waals surface area contributed by atoms with Crippen molar-refractivity contribution < 1.29 is 14.2 Å². The highest BCUT2D eigenvalue weighted by Crippen LogP contribution is 2.20. The van der Waals surface area contributed by atoms with Gasteiger partial charge in [0.05, 0.1) is 24.9 Å². The number of nitrogen functional groups attached to an aromatic ring is 1. The molecule has 20 heavy (non-hydrogen) atoms. The smallest absolute Gasteiger partial charge is 0.129 e. The molecular weight excluding hydrogens is 256 g/mol. The second kappa shape index (κ2) is 7.26. The average Bonchev–Trinajstić information content (AvgIpc) is 2.43. The number of nitrogens with two attached hydrogens (primary N) is 1. The Morgan fingerprint density at radius 1 is 1.30 bits per heavy atom. The summed E-state index contributed by atoms with van der Waals surface area (Å²) in [7, 11) is 3.26. The summed E-state index contributed by atoms with van der Waals surface area (Å²) in [6.07, 6.45) is 0.819. The fraction of sp³-hybridized carbons (Fsp3) is 0.533. The van der Waals surface area contributed by atoms with Gasteiger partial charge in [0.15, 0.2) is 0 Å². The Morgan fingerprint density at radius 3 is 2.55 bits per heavy atom. The van der Waals surface area contributed by atoms with E-state index in [9.17, 15) is 0 Å². The third-order valence-electron chi connectivity index (χ3n) is 3.22. The molecule has 1 aromatic carbocycles. The predicted molar refractivity (Wildman–Crippen MR) is 79.4 cm³/mol. The zero-order chi connectivity index (χ0) is 15.2. The van der Waals surface area contributed by atoms with Crippen LogP contribution >= 0.6 is 0 Å². The van der Waals surface area contributed by atoms with Crippen LogP contribution < -0.4 is 10.5 Å². The Hall–Kier alpha value is -1.59. The van der Waals surface area contributed by atoms with E-state index in [0.717, 1.165) is 12.0 Å². The molecule has 0 aliphatic heterocycles. The van der Waals surface area contributed by atoms with Crippen molar-refractivity contribution in [3.63, 3.8) is 0 Å². The topological polar surface area (TPSA) is 77.6 Å². The normalized spacial score (nSPS) is 11.4. The van der Waals surface area contributed by atoms with Gasteiger partial charge < -0.3 is 19.9 Å². The first-order chi connectivity index (χ1) is 9.39. The largest absolute Gasteiger partial charge is 0.496 e. The van der Waals surface area contributed by atoms with Crippen molar-refractivity contribution in [1.82, 2.24) is 0 Å². The number of benzene rings is 1. The molecule has 0 fully saturated rings. The van der Waals surface area contributed by atoms with E-state index in [0.29, 0.717) is 24.5 Å². The number of methoxy groups -OCH3 is 2. The predicted octanol–water partition coefficient (Wildman–Crippen LogP) is 2.31. The Balaban J connectivity index is 2.57. The number of rotatable bonds is 8. The highest BCUT2D eigenvalue weighted by molar-refractivity contribution is 5.97. The Labute approximate surface area is 120 Å². The summed E-state index contributed by atoms with van der Waals surface area (Å²) >= 11 is 0. The van der Waals surface area contributed by atoms with Crippen molar-refractivity contribution in [1.29, 1.82) is 5.41 Å². The van der Waals surface area contributed by atoms with Gasteiger partial charge in [-0.3, -0.25) is 5.41 Å². The minimum absolute atomic E-state index is 0.00998. The molecule has 0 saturated carbocycles. The van der Waals surface area contributed by atoms with Gasteiger partial charge >= 0.3 is 0 Å². The van der Waals surface area contributed by atoms with Crippen LogP contribution in [0.15, 0.2) is 18.2 Å². The maximum atomic E-state index is 7.54. The van der Waals surface area contributed by atoms with Crippen molar-refractivity contribution in [3.8, 4) is 5.75 Å². The van der Waals surface area contributed by atoms with Crippen LogP contribution in [0.1, 0.15) is 31.4 Å². The molecule has 0 saturated heterocycles. The molecule has 0 bridgehead atoms. The van der Waals surface area contributed by atoms with Gasteiger partial charge in [0.25, 0.3) is 0 Å². The number of nitrogens with one attached hydrogen (secondary N) is 1. The quantitative estimate of drug-likeness (QED) is 0.435. The maximum Gasteiger partial charge on any atom is 0.129 e. The van der Waals surface area contributed by atoms with Crippen LogP contribution in [0.25, 0.3) is 0 Å². The summed E-state index contributed by atoms with van der Waals surface area (Å²) in [6, 6.07) is 5.53. The molecule has 5 nitrogen and oxygen atoms in total. The number of hydrogen-bond donors (Lipinski definition) is 2. The summed E-state index contributed by atoms with van der Waals surface area (Å²) in [4.78, 5) is 0. The monoisotopic (exact) mass is 280 g/mol. The Morgan fingerprint density at radius 2 is 2.00 bits per heavy atom. The first-order valence-corrected chi connectivity index (χ1v) is 6.54. The second-order valence-corrected chi connectivity index (χ2v) is 5.21. The molecule has 112 valence electrons.